The van der Waals surface area contributed by atoms with Crippen LogP contribution in [-0.2, 0) is 0 Å². The van der Waals surface area contributed by atoms with E-state index < -0.39 is 5.91 Å². The van der Waals surface area contributed by atoms with Crippen molar-refractivity contribution in [2.45, 2.75) is 38.6 Å². The third-order valence-electron chi connectivity index (χ3n) is 2.97. The minimum atomic E-state index is -0.524. The number of carbonyl (C=O) groups excluding carboxylic acids is 1. The standard InChI is InChI=1S/C12H18N4O/c1-8(2)6-12(3-4-12)16-10-5-9(11(13)17)14-7-15-10/h5,7-8H,3-4,6H2,1-2H3,(H2,13,17)(H,14,15,16). The molecule has 1 heterocycles. The molecule has 5 heteroatoms. The summed E-state index contributed by atoms with van der Waals surface area (Å²) in [6.45, 7) is 4.41. The van der Waals surface area contributed by atoms with Gasteiger partial charge in [-0.1, -0.05) is 13.8 Å². The molecule has 5 nitrogen and oxygen atoms in total. The largest absolute Gasteiger partial charge is 0.365 e. The van der Waals surface area contributed by atoms with Crippen molar-refractivity contribution in [2.24, 2.45) is 11.7 Å². The van der Waals surface area contributed by atoms with Crippen molar-refractivity contribution < 1.29 is 4.79 Å². The van der Waals surface area contributed by atoms with Gasteiger partial charge in [-0.05, 0) is 25.2 Å². The van der Waals surface area contributed by atoms with Crippen LogP contribution >= 0.6 is 0 Å². The smallest absolute Gasteiger partial charge is 0.267 e. The molecule has 0 atom stereocenters. The number of rotatable bonds is 5. The molecule has 1 aliphatic carbocycles. The number of carbonyl (C=O) groups is 1. The van der Waals surface area contributed by atoms with Gasteiger partial charge in [0, 0.05) is 11.6 Å². The van der Waals surface area contributed by atoms with E-state index in [1.54, 1.807) is 6.07 Å². The van der Waals surface area contributed by atoms with Crippen molar-refractivity contribution in [2.75, 3.05) is 5.32 Å². The highest BCUT2D eigenvalue weighted by Crippen LogP contribution is 2.43. The minimum Gasteiger partial charge on any atom is -0.365 e. The summed E-state index contributed by atoms with van der Waals surface area (Å²) >= 11 is 0. The Morgan fingerprint density at radius 2 is 2.24 bits per heavy atom. The Morgan fingerprint density at radius 1 is 1.53 bits per heavy atom. The number of aromatic nitrogens is 2. The second-order valence-corrected chi connectivity index (χ2v) is 5.16. The highest BCUT2D eigenvalue weighted by Gasteiger charge is 2.43. The number of nitrogens with one attached hydrogen (secondary N) is 1. The van der Waals surface area contributed by atoms with E-state index in [2.05, 4.69) is 29.1 Å². The molecule has 1 amide bonds. The number of hydrogen-bond donors (Lipinski definition) is 2. The minimum absolute atomic E-state index is 0.164. The fraction of sp³-hybridized carbons (Fsp3) is 0.583. The van der Waals surface area contributed by atoms with E-state index in [1.165, 1.54) is 6.33 Å². The van der Waals surface area contributed by atoms with Gasteiger partial charge in [0.25, 0.3) is 5.91 Å². The summed E-state index contributed by atoms with van der Waals surface area (Å²) in [6.07, 6.45) is 4.79. The Bertz CT molecular complexity index is 426. The molecule has 0 radical (unpaired) electrons. The summed E-state index contributed by atoms with van der Waals surface area (Å²) in [6, 6.07) is 1.61. The topological polar surface area (TPSA) is 80.9 Å². The van der Waals surface area contributed by atoms with Gasteiger partial charge in [0.05, 0.1) is 0 Å². The van der Waals surface area contributed by atoms with Crippen LogP contribution in [0.3, 0.4) is 0 Å². The molecular weight excluding hydrogens is 216 g/mol. The van der Waals surface area contributed by atoms with Gasteiger partial charge in [-0.3, -0.25) is 4.79 Å². The van der Waals surface area contributed by atoms with Crippen molar-refractivity contribution in [1.29, 1.82) is 0 Å². The van der Waals surface area contributed by atoms with Crippen LogP contribution in [0.15, 0.2) is 12.4 Å². The highest BCUT2D eigenvalue weighted by atomic mass is 16.1. The third kappa shape index (κ3) is 2.93. The van der Waals surface area contributed by atoms with Gasteiger partial charge in [0.2, 0.25) is 0 Å². The molecule has 2 rings (SSSR count). The van der Waals surface area contributed by atoms with Crippen LogP contribution in [0.5, 0.6) is 0 Å². The molecule has 3 N–H and O–H groups in total. The van der Waals surface area contributed by atoms with Gasteiger partial charge in [0.1, 0.15) is 17.8 Å². The Kier molecular flexibility index (Phi) is 3.00. The van der Waals surface area contributed by atoms with Gasteiger partial charge in [-0.25, -0.2) is 9.97 Å². The molecule has 0 spiro atoms. The molecule has 1 aliphatic rings. The van der Waals surface area contributed by atoms with Crippen molar-refractivity contribution in [3.63, 3.8) is 0 Å². The van der Waals surface area contributed by atoms with Crippen molar-refractivity contribution in [3.8, 4) is 0 Å². The Labute approximate surface area is 101 Å². The van der Waals surface area contributed by atoms with E-state index in [9.17, 15) is 4.79 Å². The number of anilines is 1. The zero-order valence-electron chi connectivity index (χ0n) is 10.2. The van der Waals surface area contributed by atoms with Gasteiger partial charge < -0.3 is 11.1 Å². The number of amides is 1. The van der Waals surface area contributed by atoms with E-state index in [4.69, 9.17) is 5.73 Å². The Hall–Kier alpha value is -1.65. The molecule has 0 aromatic carbocycles. The first kappa shape index (κ1) is 11.8. The van der Waals surface area contributed by atoms with Gasteiger partial charge in [-0.2, -0.15) is 0 Å². The third-order valence-corrected chi connectivity index (χ3v) is 2.97. The zero-order chi connectivity index (χ0) is 12.5. The number of primary amides is 1. The second kappa shape index (κ2) is 4.31. The molecular formula is C12H18N4O. The normalized spacial score (nSPS) is 16.9. The van der Waals surface area contributed by atoms with Gasteiger partial charge >= 0.3 is 0 Å². The van der Waals surface area contributed by atoms with Crippen LogP contribution in [-0.4, -0.2) is 21.4 Å². The summed E-state index contributed by atoms with van der Waals surface area (Å²) < 4.78 is 0. The van der Waals surface area contributed by atoms with Crippen LogP contribution in [0.1, 0.15) is 43.6 Å². The van der Waals surface area contributed by atoms with Crippen molar-refractivity contribution >= 4 is 11.7 Å². The van der Waals surface area contributed by atoms with E-state index in [0.717, 1.165) is 19.3 Å². The predicted molar refractivity (Wildman–Crippen MR) is 65.6 cm³/mol. The first-order valence-electron chi connectivity index (χ1n) is 5.91. The quantitative estimate of drug-likeness (QED) is 0.810. The second-order valence-electron chi connectivity index (χ2n) is 5.16. The lowest BCUT2D eigenvalue weighted by Crippen LogP contribution is -2.24. The number of nitrogens with two attached hydrogens (primary N) is 1. The Balaban J connectivity index is 2.08. The molecule has 0 aliphatic heterocycles. The maximum absolute atomic E-state index is 11.0. The average molecular weight is 234 g/mol. The fourth-order valence-electron chi connectivity index (χ4n) is 2.14. The lowest BCUT2D eigenvalue weighted by atomic mass is 10.0. The number of hydrogen-bond acceptors (Lipinski definition) is 4. The van der Waals surface area contributed by atoms with Gasteiger partial charge in [-0.15, -0.1) is 0 Å². The molecule has 17 heavy (non-hydrogen) atoms. The average Bonchev–Trinajstić information content (AvgIpc) is 2.96. The maximum Gasteiger partial charge on any atom is 0.267 e. The van der Waals surface area contributed by atoms with Crippen molar-refractivity contribution in [3.05, 3.63) is 18.1 Å². The lowest BCUT2D eigenvalue weighted by molar-refractivity contribution is 0.0995. The van der Waals surface area contributed by atoms with E-state index in [0.29, 0.717) is 11.7 Å². The molecule has 1 aromatic rings. The van der Waals surface area contributed by atoms with Gasteiger partial charge in [0.15, 0.2) is 0 Å². The summed E-state index contributed by atoms with van der Waals surface area (Å²) in [7, 11) is 0. The first-order valence-corrected chi connectivity index (χ1v) is 5.91. The van der Waals surface area contributed by atoms with Crippen LogP contribution in [0.4, 0.5) is 5.82 Å². The fourth-order valence-corrected chi connectivity index (χ4v) is 2.14. The van der Waals surface area contributed by atoms with Crippen LogP contribution in [0, 0.1) is 5.92 Å². The van der Waals surface area contributed by atoms with Crippen LogP contribution in [0.2, 0.25) is 0 Å². The molecule has 0 saturated heterocycles. The van der Waals surface area contributed by atoms with E-state index in [1.807, 2.05) is 0 Å². The monoisotopic (exact) mass is 234 g/mol. The maximum atomic E-state index is 11.0. The molecule has 0 unspecified atom stereocenters. The molecule has 92 valence electrons. The van der Waals surface area contributed by atoms with Crippen LogP contribution < -0.4 is 11.1 Å². The molecule has 1 aromatic heterocycles. The highest BCUT2D eigenvalue weighted by molar-refractivity contribution is 5.91. The predicted octanol–water partition coefficient (Wildman–Crippen LogP) is 1.57. The summed E-state index contributed by atoms with van der Waals surface area (Å²) in [5, 5.41) is 3.40. The molecule has 1 saturated carbocycles. The molecule has 1 fully saturated rings. The summed E-state index contributed by atoms with van der Waals surface area (Å²) in [4.78, 5) is 19.0. The van der Waals surface area contributed by atoms with E-state index >= 15 is 0 Å². The summed E-state index contributed by atoms with van der Waals surface area (Å²) in [5.74, 6) is 0.804. The van der Waals surface area contributed by atoms with Crippen LogP contribution in [0.25, 0.3) is 0 Å². The first-order chi connectivity index (χ1) is 8.01. The van der Waals surface area contributed by atoms with Crippen molar-refractivity contribution in [1.82, 2.24) is 9.97 Å². The zero-order valence-corrected chi connectivity index (χ0v) is 10.2. The van der Waals surface area contributed by atoms with E-state index in [-0.39, 0.29) is 11.2 Å². The SMILES string of the molecule is CC(C)CC1(Nc2cc(C(N)=O)ncn2)CC1. The number of nitrogens with zero attached hydrogens (tertiary/aromatic N) is 2. The lowest BCUT2D eigenvalue weighted by Gasteiger charge is -2.20. The summed E-state index contributed by atoms with van der Waals surface area (Å²) in [5.41, 5.74) is 5.60. The molecule has 0 bridgehead atoms. The Morgan fingerprint density at radius 3 is 2.76 bits per heavy atom.